The van der Waals surface area contributed by atoms with Crippen LogP contribution in [0.2, 0.25) is 0 Å². The molecule has 0 aromatic heterocycles. The Balaban J connectivity index is 2.56. The van der Waals surface area contributed by atoms with E-state index in [9.17, 15) is 13.2 Å². The van der Waals surface area contributed by atoms with E-state index in [1.807, 2.05) is 13.0 Å². The molecule has 0 unspecified atom stereocenters. The highest BCUT2D eigenvalue weighted by Gasteiger charge is 2.15. The molecule has 0 aliphatic rings. The van der Waals surface area contributed by atoms with E-state index in [0.717, 1.165) is 5.56 Å². The first-order chi connectivity index (χ1) is 9.36. The van der Waals surface area contributed by atoms with Crippen molar-refractivity contribution >= 4 is 15.9 Å². The molecule has 0 aliphatic carbocycles. The Labute approximate surface area is 119 Å². The number of hydrogen-bond donors (Lipinski definition) is 2. The molecule has 112 valence electrons. The Kier molecular flexibility index (Phi) is 6.12. The molecule has 0 atom stereocenters. The number of nitrogens with one attached hydrogen (secondary N) is 2. The molecule has 0 bridgehead atoms. The van der Waals surface area contributed by atoms with Gasteiger partial charge in [-0.05, 0) is 25.5 Å². The molecule has 0 saturated carbocycles. The molecule has 0 fully saturated rings. The second-order valence-corrected chi connectivity index (χ2v) is 6.19. The maximum absolute atomic E-state index is 12.1. The van der Waals surface area contributed by atoms with Gasteiger partial charge in [-0.2, -0.15) is 0 Å². The van der Waals surface area contributed by atoms with Gasteiger partial charge >= 0.3 is 0 Å². The lowest BCUT2D eigenvalue weighted by molar-refractivity contribution is -0.124. The first kappa shape index (κ1) is 16.6. The number of ether oxygens (including phenoxy) is 1. The standard InChI is InChI=1S/C13H20N2O4S/c1-10-4-5-12(11(2)8-10)20(17,18)15-7-6-14-13(16)9-19-3/h4-5,8,15H,6-7,9H2,1-3H3,(H,14,16). The fraction of sp³-hybridized carbons (Fsp3) is 0.462. The lowest BCUT2D eigenvalue weighted by atomic mass is 10.2. The fourth-order valence-electron chi connectivity index (χ4n) is 1.75. The van der Waals surface area contributed by atoms with Crippen LogP contribution in [0.4, 0.5) is 0 Å². The molecule has 0 spiro atoms. The van der Waals surface area contributed by atoms with E-state index in [4.69, 9.17) is 0 Å². The summed E-state index contributed by atoms with van der Waals surface area (Å²) < 4.78 is 31.3. The average Bonchev–Trinajstić information content (AvgIpc) is 2.34. The van der Waals surface area contributed by atoms with Crippen LogP contribution in [0, 0.1) is 13.8 Å². The summed E-state index contributed by atoms with van der Waals surface area (Å²) in [5, 5.41) is 2.54. The van der Waals surface area contributed by atoms with Crippen LogP contribution in [0.15, 0.2) is 23.1 Å². The SMILES string of the molecule is COCC(=O)NCCNS(=O)(=O)c1ccc(C)cc1C. The van der Waals surface area contributed by atoms with Crippen molar-refractivity contribution in [2.45, 2.75) is 18.7 Å². The van der Waals surface area contributed by atoms with Gasteiger partial charge in [0.2, 0.25) is 15.9 Å². The van der Waals surface area contributed by atoms with Crippen LogP contribution >= 0.6 is 0 Å². The monoisotopic (exact) mass is 300 g/mol. The van der Waals surface area contributed by atoms with E-state index in [1.54, 1.807) is 19.1 Å². The number of sulfonamides is 1. The molecule has 1 aromatic rings. The minimum atomic E-state index is -3.55. The second kappa shape index (κ2) is 7.37. The van der Waals surface area contributed by atoms with E-state index in [-0.39, 0.29) is 30.5 Å². The fourth-order valence-corrected chi connectivity index (χ4v) is 3.00. The van der Waals surface area contributed by atoms with Crippen LogP contribution in [0.25, 0.3) is 0 Å². The molecule has 1 amide bonds. The summed E-state index contributed by atoms with van der Waals surface area (Å²) in [6, 6.07) is 5.15. The number of amides is 1. The predicted molar refractivity (Wildman–Crippen MR) is 76.0 cm³/mol. The number of aryl methyl sites for hydroxylation is 2. The van der Waals surface area contributed by atoms with Crippen molar-refractivity contribution in [2.75, 3.05) is 26.8 Å². The smallest absolute Gasteiger partial charge is 0.246 e. The Hall–Kier alpha value is -1.44. The Bertz CT molecular complexity index is 570. The lowest BCUT2D eigenvalue weighted by Crippen LogP contribution is -2.36. The highest BCUT2D eigenvalue weighted by molar-refractivity contribution is 7.89. The summed E-state index contributed by atoms with van der Waals surface area (Å²) in [4.78, 5) is 11.4. The van der Waals surface area contributed by atoms with Crippen molar-refractivity contribution in [3.63, 3.8) is 0 Å². The number of benzene rings is 1. The molecular formula is C13H20N2O4S. The number of carbonyl (C=O) groups is 1. The quantitative estimate of drug-likeness (QED) is 0.711. The van der Waals surface area contributed by atoms with Gasteiger partial charge in [-0.1, -0.05) is 17.7 Å². The summed E-state index contributed by atoms with van der Waals surface area (Å²) >= 11 is 0. The zero-order valence-electron chi connectivity index (χ0n) is 11.9. The van der Waals surface area contributed by atoms with Crippen LogP contribution in [0.1, 0.15) is 11.1 Å². The highest BCUT2D eigenvalue weighted by atomic mass is 32.2. The van der Waals surface area contributed by atoms with Crippen LogP contribution in [-0.2, 0) is 19.6 Å². The number of carbonyl (C=O) groups excluding carboxylic acids is 1. The first-order valence-corrected chi connectivity index (χ1v) is 7.67. The van der Waals surface area contributed by atoms with E-state index in [1.165, 1.54) is 7.11 Å². The molecule has 1 rings (SSSR count). The molecular weight excluding hydrogens is 280 g/mol. The zero-order valence-corrected chi connectivity index (χ0v) is 12.7. The normalized spacial score (nSPS) is 11.3. The predicted octanol–water partition coefficient (Wildman–Crippen LogP) is 0.344. The van der Waals surface area contributed by atoms with Crippen LogP contribution in [-0.4, -0.2) is 41.1 Å². The first-order valence-electron chi connectivity index (χ1n) is 6.19. The number of hydrogen-bond acceptors (Lipinski definition) is 4. The molecule has 0 aliphatic heterocycles. The molecule has 20 heavy (non-hydrogen) atoms. The maximum Gasteiger partial charge on any atom is 0.246 e. The Morgan fingerprint density at radius 1 is 1.25 bits per heavy atom. The van der Waals surface area contributed by atoms with Gasteiger partial charge in [0.1, 0.15) is 6.61 Å². The van der Waals surface area contributed by atoms with Crippen molar-refractivity contribution in [2.24, 2.45) is 0 Å². The van der Waals surface area contributed by atoms with Gasteiger partial charge in [-0.3, -0.25) is 4.79 Å². The van der Waals surface area contributed by atoms with Crippen molar-refractivity contribution < 1.29 is 17.9 Å². The zero-order chi connectivity index (χ0) is 15.2. The third kappa shape index (κ3) is 4.92. The summed E-state index contributed by atoms with van der Waals surface area (Å²) in [6.07, 6.45) is 0. The van der Waals surface area contributed by atoms with Crippen molar-refractivity contribution in [3.05, 3.63) is 29.3 Å². The van der Waals surface area contributed by atoms with Gasteiger partial charge in [-0.25, -0.2) is 13.1 Å². The number of methoxy groups -OCH3 is 1. The molecule has 7 heteroatoms. The van der Waals surface area contributed by atoms with Gasteiger partial charge < -0.3 is 10.1 Å². The Morgan fingerprint density at radius 3 is 2.55 bits per heavy atom. The third-order valence-electron chi connectivity index (χ3n) is 2.63. The molecule has 1 aromatic carbocycles. The Morgan fingerprint density at radius 2 is 1.95 bits per heavy atom. The summed E-state index contributed by atoms with van der Waals surface area (Å²) in [6.45, 7) is 3.96. The molecule has 6 nitrogen and oxygen atoms in total. The minimum Gasteiger partial charge on any atom is -0.375 e. The van der Waals surface area contributed by atoms with Gasteiger partial charge in [-0.15, -0.1) is 0 Å². The molecule has 2 N–H and O–H groups in total. The van der Waals surface area contributed by atoms with Gasteiger partial charge in [0.05, 0.1) is 4.90 Å². The minimum absolute atomic E-state index is 0.0379. The summed E-state index contributed by atoms with van der Waals surface area (Å²) in [5.41, 5.74) is 1.70. The van der Waals surface area contributed by atoms with Crippen LogP contribution < -0.4 is 10.0 Å². The third-order valence-corrected chi connectivity index (χ3v) is 4.26. The van der Waals surface area contributed by atoms with Crippen LogP contribution in [0.5, 0.6) is 0 Å². The largest absolute Gasteiger partial charge is 0.375 e. The molecule has 0 heterocycles. The van der Waals surface area contributed by atoms with Crippen molar-refractivity contribution in [1.29, 1.82) is 0 Å². The molecule has 0 radical (unpaired) electrons. The maximum atomic E-state index is 12.1. The summed E-state index contributed by atoms with van der Waals surface area (Å²) in [5.74, 6) is -0.279. The molecule has 0 saturated heterocycles. The lowest BCUT2D eigenvalue weighted by Gasteiger charge is -2.10. The van der Waals surface area contributed by atoms with E-state index in [2.05, 4.69) is 14.8 Å². The topological polar surface area (TPSA) is 84.5 Å². The van der Waals surface area contributed by atoms with Gasteiger partial charge in [0.15, 0.2) is 0 Å². The van der Waals surface area contributed by atoms with Crippen molar-refractivity contribution in [1.82, 2.24) is 10.0 Å². The average molecular weight is 300 g/mol. The highest BCUT2D eigenvalue weighted by Crippen LogP contribution is 2.15. The van der Waals surface area contributed by atoms with Crippen LogP contribution in [0.3, 0.4) is 0 Å². The van der Waals surface area contributed by atoms with Gasteiger partial charge in [0.25, 0.3) is 0 Å². The van der Waals surface area contributed by atoms with E-state index >= 15 is 0 Å². The summed E-state index contributed by atoms with van der Waals surface area (Å²) in [7, 11) is -2.13. The van der Waals surface area contributed by atoms with E-state index < -0.39 is 10.0 Å². The number of rotatable bonds is 7. The second-order valence-electron chi connectivity index (χ2n) is 4.45. The van der Waals surface area contributed by atoms with Crippen molar-refractivity contribution in [3.8, 4) is 0 Å². The van der Waals surface area contributed by atoms with Gasteiger partial charge in [0, 0.05) is 20.2 Å². The van der Waals surface area contributed by atoms with E-state index in [0.29, 0.717) is 5.56 Å².